The number of azo groups is 1. The molecule has 3 N–H and O–H groups in total. The van der Waals surface area contributed by atoms with Crippen molar-refractivity contribution in [3.05, 3.63) is 52.5 Å². The number of carbonyl (C=O) groups is 1. The van der Waals surface area contributed by atoms with Crippen LogP contribution in [0.4, 0.5) is 11.4 Å². The number of nitrogens with zero attached hydrogens (tertiary/aromatic N) is 2. The fourth-order valence-corrected chi connectivity index (χ4v) is 2.62. The molecular weight excluding hydrogens is 342 g/mol. The molecule has 3 aromatic rings. The summed E-state index contributed by atoms with van der Waals surface area (Å²) in [6.07, 6.45) is 0. The maximum absolute atomic E-state index is 11.1. The molecule has 128 valence electrons. The normalized spacial score (nSPS) is 11.7. The first kappa shape index (κ1) is 17.0. The lowest BCUT2D eigenvalue weighted by atomic mass is 10.0. The van der Waals surface area contributed by atoms with Crippen molar-refractivity contribution in [3.63, 3.8) is 0 Å². The third-order valence-electron chi connectivity index (χ3n) is 3.89. The Bertz CT molecular complexity index is 993. The van der Waals surface area contributed by atoms with Gasteiger partial charge < -0.3 is 15.2 Å². The van der Waals surface area contributed by atoms with E-state index in [-0.39, 0.29) is 27.8 Å². The molecule has 2 aromatic carbocycles. The number of carboxylic acid groups (broad SMARTS) is 1. The number of rotatable bonds is 4. The Morgan fingerprint density at radius 2 is 1.92 bits per heavy atom. The van der Waals surface area contributed by atoms with Gasteiger partial charge in [-0.1, -0.05) is 31.5 Å². The molecule has 0 saturated heterocycles. The Morgan fingerprint density at radius 1 is 1.16 bits per heavy atom. The number of aromatic amines is 1. The van der Waals surface area contributed by atoms with Crippen molar-refractivity contribution in [2.75, 3.05) is 0 Å². The zero-order valence-electron chi connectivity index (χ0n) is 13.6. The van der Waals surface area contributed by atoms with Gasteiger partial charge in [-0.2, -0.15) is 0 Å². The molecule has 6 nitrogen and oxygen atoms in total. The highest BCUT2D eigenvalue weighted by molar-refractivity contribution is 6.33. The largest absolute Gasteiger partial charge is 0.493 e. The number of hydrogen-bond donors (Lipinski definition) is 3. The van der Waals surface area contributed by atoms with Crippen molar-refractivity contribution < 1.29 is 15.0 Å². The van der Waals surface area contributed by atoms with Gasteiger partial charge in [0.1, 0.15) is 5.69 Å². The van der Waals surface area contributed by atoms with E-state index in [1.54, 1.807) is 0 Å². The second-order valence-electron chi connectivity index (χ2n) is 5.95. The zero-order chi connectivity index (χ0) is 18.1. The van der Waals surface area contributed by atoms with Gasteiger partial charge in [0.25, 0.3) is 0 Å². The Labute approximate surface area is 148 Å². The van der Waals surface area contributed by atoms with E-state index in [0.717, 1.165) is 16.5 Å². The van der Waals surface area contributed by atoms with Crippen LogP contribution in [0.25, 0.3) is 10.9 Å². The monoisotopic (exact) mass is 357 g/mol. The molecule has 25 heavy (non-hydrogen) atoms. The van der Waals surface area contributed by atoms with Crippen molar-refractivity contribution in [2.45, 2.75) is 19.8 Å². The summed E-state index contributed by atoms with van der Waals surface area (Å²) in [7, 11) is 0. The number of aromatic carboxylic acids is 1. The van der Waals surface area contributed by atoms with Gasteiger partial charge in [-0.05, 0) is 41.8 Å². The minimum absolute atomic E-state index is 0.0589. The smallest absolute Gasteiger partial charge is 0.335 e. The maximum atomic E-state index is 11.1. The Hall–Kier alpha value is -2.86. The Kier molecular flexibility index (Phi) is 4.46. The van der Waals surface area contributed by atoms with Gasteiger partial charge in [0.2, 0.25) is 5.88 Å². The number of aromatic hydroxyl groups is 1. The molecule has 7 heteroatoms. The molecule has 0 amide bonds. The number of aromatic nitrogens is 1. The standard InChI is InChI=1S/C18H16ClN3O3/c1-9(2)10-4-6-14-12(7-10)16(17(23)20-14)22-21-15-8-11(18(24)25)3-5-13(15)19/h3-9,20,23H,1-2H3,(H,24,25). The van der Waals surface area contributed by atoms with Gasteiger partial charge in [-0.25, -0.2) is 4.79 Å². The summed E-state index contributed by atoms with van der Waals surface area (Å²) < 4.78 is 0. The molecule has 0 saturated carbocycles. The molecule has 0 spiro atoms. The van der Waals surface area contributed by atoms with E-state index < -0.39 is 5.97 Å². The molecule has 0 aliphatic heterocycles. The highest BCUT2D eigenvalue weighted by Gasteiger charge is 2.13. The van der Waals surface area contributed by atoms with Crippen LogP contribution in [0.3, 0.4) is 0 Å². The van der Waals surface area contributed by atoms with Crippen molar-refractivity contribution in [1.29, 1.82) is 0 Å². The number of H-pyrrole nitrogens is 1. The first-order chi connectivity index (χ1) is 11.9. The summed E-state index contributed by atoms with van der Waals surface area (Å²) in [4.78, 5) is 13.9. The molecule has 0 bridgehead atoms. The third kappa shape index (κ3) is 3.34. The fourth-order valence-electron chi connectivity index (χ4n) is 2.47. The number of benzene rings is 2. The highest BCUT2D eigenvalue weighted by atomic mass is 35.5. The van der Waals surface area contributed by atoms with Gasteiger partial charge in [-0.3, -0.25) is 0 Å². The second-order valence-corrected chi connectivity index (χ2v) is 6.36. The van der Waals surface area contributed by atoms with Gasteiger partial charge in [-0.15, -0.1) is 10.2 Å². The van der Waals surface area contributed by atoms with Crippen LogP contribution in [0.1, 0.15) is 35.7 Å². The molecule has 0 aliphatic rings. The zero-order valence-corrected chi connectivity index (χ0v) is 14.4. The third-order valence-corrected chi connectivity index (χ3v) is 4.21. The van der Waals surface area contributed by atoms with Crippen LogP contribution in [-0.4, -0.2) is 21.2 Å². The molecule has 0 atom stereocenters. The predicted molar refractivity (Wildman–Crippen MR) is 96.6 cm³/mol. The van der Waals surface area contributed by atoms with Gasteiger partial charge in [0.15, 0.2) is 5.69 Å². The molecule has 3 rings (SSSR count). The van der Waals surface area contributed by atoms with Crippen molar-refractivity contribution in [2.24, 2.45) is 10.2 Å². The average Bonchev–Trinajstić information content (AvgIpc) is 2.88. The lowest BCUT2D eigenvalue weighted by Gasteiger charge is -2.04. The minimum atomic E-state index is -1.08. The van der Waals surface area contributed by atoms with Crippen LogP contribution in [-0.2, 0) is 0 Å². The summed E-state index contributed by atoms with van der Waals surface area (Å²) in [6, 6.07) is 9.98. The predicted octanol–water partition coefficient (Wildman–Crippen LogP) is 5.76. The molecule has 0 unspecified atom stereocenters. The molecule has 0 aliphatic carbocycles. The first-order valence-electron chi connectivity index (χ1n) is 7.66. The minimum Gasteiger partial charge on any atom is -0.493 e. The van der Waals surface area contributed by atoms with E-state index in [1.165, 1.54) is 18.2 Å². The highest BCUT2D eigenvalue weighted by Crippen LogP contribution is 2.38. The Balaban J connectivity index is 2.07. The summed E-state index contributed by atoms with van der Waals surface area (Å²) in [5.41, 5.74) is 2.41. The molecule has 1 heterocycles. The number of fused-ring (bicyclic) bond motifs is 1. The van der Waals surface area contributed by atoms with E-state index in [4.69, 9.17) is 16.7 Å². The summed E-state index contributed by atoms with van der Waals surface area (Å²) in [5.74, 6) is -0.859. The average molecular weight is 358 g/mol. The van der Waals surface area contributed by atoms with Crippen LogP contribution < -0.4 is 0 Å². The van der Waals surface area contributed by atoms with Crippen LogP contribution >= 0.6 is 11.6 Å². The lowest BCUT2D eigenvalue weighted by Crippen LogP contribution is -1.94. The van der Waals surface area contributed by atoms with Gasteiger partial charge >= 0.3 is 5.97 Å². The maximum Gasteiger partial charge on any atom is 0.335 e. The fraction of sp³-hybridized carbons (Fsp3) is 0.167. The SMILES string of the molecule is CC(C)c1ccc2[nH]c(O)c(N=Nc3cc(C(=O)O)ccc3Cl)c2c1. The van der Waals surface area contributed by atoms with Crippen LogP contribution in [0.15, 0.2) is 46.6 Å². The number of hydrogen-bond acceptors (Lipinski definition) is 4. The quantitative estimate of drug-likeness (QED) is 0.517. The topological polar surface area (TPSA) is 98.0 Å². The van der Waals surface area contributed by atoms with Crippen molar-refractivity contribution in [1.82, 2.24) is 4.98 Å². The summed E-state index contributed by atoms with van der Waals surface area (Å²) in [6.45, 7) is 4.15. The van der Waals surface area contributed by atoms with E-state index in [0.29, 0.717) is 5.92 Å². The van der Waals surface area contributed by atoms with Crippen LogP contribution in [0.2, 0.25) is 5.02 Å². The number of nitrogens with one attached hydrogen (secondary N) is 1. The lowest BCUT2D eigenvalue weighted by molar-refractivity contribution is 0.0697. The first-order valence-corrected chi connectivity index (χ1v) is 8.03. The molecular formula is C18H16ClN3O3. The number of carboxylic acids is 1. The molecule has 0 fully saturated rings. The van der Waals surface area contributed by atoms with Crippen LogP contribution in [0.5, 0.6) is 5.88 Å². The van der Waals surface area contributed by atoms with E-state index in [2.05, 4.69) is 29.1 Å². The molecule has 1 aromatic heterocycles. The van der Waals surface area contributed by atoms with E-state index in [9.17, 15) is 9.90 Å². The van der Waals surface area contributed by atoms with E-state index in [1.807, 2.05) is 18.2 Å². The van der Waals surface area contributed by atoms with Gasteiger partial charge in [0.05, 0.1) is 16.1 Å². The van der Waals surface area contributed by atoms with Crippen LogP contribution in [0, 0.1) is 0 Å². The summed E-state index contributed by atoms with van der Waals surface area (Å²) in [5, 5.41) is 28.3. The summed E-state index contributed by atoms with van der Waals surface area (Å²) >= 11 is 6.05. The number of halogens is 1. The second kappa shape index (κ2) is 6.57. The Morgan fingerprint density at radius 3 is 2.60 bits per heavy atom. The van der Waals surface area contributed by atoms with Gasteiger partial charge in [0, 0.05) is 5.39 Å². The molecule has 0 radical (unpaired) electrons. The van der Waals surface area contributed by atoms with Crippen molar-refractivity contribution >= 4 is 39.8 Å². The van der Waals surface area contributed by atoms with Crippen molar-refractivity contribution in [3.8, 4) is 5.88 Å². The van der Waals surface area contributed by atoms with E-state index >= 15 is 0 Å².